The quantitative estimate of drug-likeness (QED) is 0.889. The van der Waals surface area contributed by atoms with Crippen molar-refractivity contribution >= 4 is 23.3 Å². The first kappa shape index (κ1) is 13.2. The van der Waals surface area contributed by atoms with Crippen molar-refractivity contribution in [2.45, 2.75) is 0 Å². The maximum atomic E-state index is 13.6. The van der Waals surface area contributed by atoms with Crippen LogP contribution in [0.5, 0.6) is 0 Å². The molecule has 0 saturated carbocycles. The van der Waals surface area contributed by atoms with Gasteiger partial charge in [0.1, 0.15) is 11.6 Å². The summed E-state index contributed by atoms with van der Waals surface area (Å²) >= 11 is 5.67. The summed E-state index contributed by atoms with van der Waals surface area (Å²) in [7, 11) is 0. The second kappa shape index (κ2) is 4.81. The van der Waals surface area contributed by atoms with Crippen LogP contribution in [0.15, 0.2) is 24.3 Å². The Morgan fingerprint density at radius 1 is 1.32 bits per heavy atom. The number of nitrogen functional groups attached to an aromatic ring is 1. The zero-order valence-electron chi connectivity index (χ0n) is 9.32. The topological polar surface area (TPSA) is 76.2 Å². The normalized spacial score (nSPS) is 10.5. The maximum Gasteiger partial charge on any atom is 0.356 e. The van der Waals surface area contributed by atoms with Crippen LogP contribution in [0.1, 0.15) is 10.5 Å². The Hall–Kier alpha value is -2.21. The molecule has 1 aromatic carbocycles. The van der Waals surface area contributed by atoms with Crippen molar-refractivity contribution in [3.8, 4) is 11.3 Å². The van der Waals surface area contributed by atoms with Crippen molar-refractivity contribution in [1.82, 2.24) is 4.98 Å². The van der Waals surface area contributed by atoms with E-state index in [0.717, 1.165) is 18.2 Å². The highest BCUT2D eigenvalue weighted by molar-refractivity contribution is 6.35. The molecular weight excluding hydrogens is 278 g/mol. The molecule has 2 aromatic rings. The van der Waals surface area contributed by atoms with Crippen LogP contribution in [-0.2, 0) is 0 Å². The summed E-state index contributed by atoms with van der Waals surface area (Å²) in [5, 5.41) is 8.64. The van der Waals surface area contributed by atoms with Gasteiger partial charge in [0.15, 0.2) is 5.69 Å². The molecule has 1 aromatic heterocycles. The zero-order chi connectivity index (χ0) is 14.2. The van der Waals surface area contributed by atoms with E-state index in [0.29, 0.717) is 0 Å². The molecule has 0 unspecified atom stereocenters. The van der Waals surface area contributed by atoms with Gasteiger partial charge in [-0.2, -0.15) is 0 Å². The lowest BCUT2D eigenvalue weighted by molar-refractivity contribution is 0.0691. The number of rotatable bonds is 2. The Kier molecular flexibility index (Phi) is 3.35. The van der Waals surface area contributed by atoms with Crippen LogP contribution >= 0.6 is 11.6 Å². The minimum atomic E-state index is -1.43. The number of hydrogen-bond donors (Lipinski definition) is 2. The number of nitrogens with zero attached hydrogens (tertiary/aromatic N) is 1. The number of halogens is 3. The molecule has 0 aliphatic rings. The molecule has 0 aliphatic carbocycles. The molecule has 7 heteroatoms. The van der Waals surface area contributed by atoms with E-state index >= 15 is 0 Å². The second-order valence-corrected chi connectivity index (χ2v) is 4.04. The molecule has 3 N–H and O–H groups in total. The molecule has 0 aliphatic heterocycles. The van der Waals surface area contributed by atoms with Crippen molar-refractivity contribution in [2.75, 3.05) is 5.73 Å². The molecular formula is C12H7ClF2N2O2. The van der Waals surface area contributed by atoms with Crippen LogP contribution in [-0.4, -0.2) is 16.1 Å². The molecule has 4 nitrogen and oxygen atoms in total. The third-order valence-electron chi connectivity index (χ3n) is 2.41. The molecule has 0 radical (unpaired) electrons. The van der Waals surface area contributed by atoms with E-state index in [2.05, 4.69) is 4.98 Å². The number of hydrogen-bond acceptors (Lipinski definition) is 3. The van der Waals surface area contributed by atoms with Crippen LogP contribution in [0.3, 0.4) is 0 Å². The van der Waals surface area contributed by atoms with Crippen molar-refractivity contribution in [1.29, 1.82) is 0 Å². The van der Waals surface area contributed by atoms with Gasteiger partial charge < -0.3 is 10.8 Å². The molecule has 19 heavy (non-hydrogen) atoms. The summed E-state index contributed by atoms with van der Waals surface area (Å²) in [5.41, 5.74) is 4.16. The summed E-state index contributed by atoms with van der Waals surface area (Å²) < 4.78 is 27.2. The summed E-state index contributed by atoms with van der Waals surface area (Å²) in [4.78, 5) is 14.6. The fraction of sp³-hybridized carbons (Fsp3) is 0. The van der Waals surface area contributed by atoms with E-state index in [1.165, 1.54) is 6.07 Å². The van der Waals surface area contributed by atoms with Crippen LogP contribution in [0, 0.1) is 11.6 Å². The summed E-state index contributed by atoms with van der Waals surface area (Å²) in [6.45, 7) is 0. The molecule has 0 amide bonds. The van der Waals surface area contributed by atoms with Gasteiger partial charge in [-0.15, -0.1) is 0 Å². The monoisotopic (exact) mass is 284 g/mol. The highest BCUT2D eigenvalue weighted by Crippen LogP contribution is 2.30. The van der Waals surface area contributed by atoms with Crippen molar-refractivity contribution in [2.24, 2.45) is 0 Å². The average molecular weight is 285 g/mol. The summed E-state index contributed by atoms with van der Waals surface area (Å²) in [6, 6.07) is 4.37. The maximum absolute atomic E-state index is 13.6. The molecule has 0 spiro atoms. The fourth-order valence-corrected chi connectivity index (χ4v) is 1.74. The first-order valence-electron chi connectivity index (χ1n) is 5.05. The molecule has 98 valence electrons. The van der Waals surface area contributed by atoms with Crippen LogP contribution < -0.4 is 5.73 Å². The first-order chi connectivity index (χ1) is 8.91. The highest BCUT2D eigenvalue weighted by atomic mass is 35.5. The lowest BCUT2D eigenvalue weighted by Gasteiger charge is -2.08. The lowest BCUT2D eigenvalue weighted by Crippen LogP contribution is -2.06. The Morgan fingerprint density at radius 3 is 2.42 bits per heavy atom. The van der Waals surface area contributed by atoms with Gasteiger partial charge >= 0.3 is 5.97 Å². The summed E-state index contributed by atoms with van der Waals surface area (Å²) in [5.74, 6) is -3.17. The number of carbonyl (C=O) groups is 1. The van der Waals surface area contributed by atoms with Gasteiger partial charge in [-0.1, -0.05) is 17.7 Å². The standard InChI is InChI=1S/C12H7ClF2N2O2/c13-10-7(16)4-8(17-11(10)12(18)19)9-5(14)2-1-3-6(9)15/h1-4H,(H2,16,17)(H,18,19). The van der Waals surface area contributed by atoms with Crippen LogP contribution in [0.25, 0.3) is 11.3 Å². The van der Waals surface area contributed by atoms with E-state index in [9.17, 15) is 13.6 Å². The van der Waals surface area contributed by atoms with Crippen molar-refractivity contribution in [3.05, 3.63) is 46.6 Å². The van der Waals surface area contributed by atoms with E-state index in [-0.39, 0.29) is 16.4 Å². The summed E-state index contributed by atoms with van der Waals surface area (Å²) in [6.07, 6.45) is 0. The van der Waals surface area contributed by atoms with E-state index in [4.69, 9.17) is 22.4 Å². The smallest absolute Gasteiger partial charge is 0.356 e. The number of aromatic carboxylic acids is 1. The number of benzene rings is 1. The van der Waals surface area contributed by atoms with Gasteiger partial charge in [0.25, 0.3) is 0 Å². The van der Waals surface area contributed by atoms with Gasteiger partial charge in [-0.3, -0.25) is 0 Å². The molecule has 0 fully saturated rings. The molecule has 0 atom stereocenters. The minimum Gasteiger partial charge on any atom is -0.476 e. The first-order valence-corrected chi connectivity index (χ1v) is 5.43. The third-order valence-corrected chi connectivity index (χ3v) is 2.80. The number of carboxylic acids is 1. The van der Waals surface area contributed by atoms with Gasteiger partial charge in [0.05, 0.1) is 22.0 Å². The molecule has 0 saturated heterocycles. The number of pyridine rings is 1. The number of carboxylic acid groups (broad SMARTS) is 1. The van der Waals surface area contributed by atoms with Crippen molar-refractivity contribution in [3.63, 3.8) is 0 Å². The van der Waals surface area contributed by atoms with Gasteiger partial charge in [0, 0.05) is 0 Å². The highest BCUT2D eigenvalue weighted by Gasteiger charge is 2.19. The Morgan fingerprint density at radius 2 is 1.89 bits per heavy atom. The zero-order valence-corrected chi connectivity index (χ0v) is 10.1. The number of aromatic nitrogens is 1. The Labute approximate surface area is 111 Å². The third kappa shape index (κ3) is 2.34. The molecule has 0 bridgehead atoms. The number of anilines is 1. The average Bonchev–Trinajstić information content (AvgIpc) is 2.32. The minimum absolute atomic E-state index is 0.119. The predicted molar refractivity (Wildman–Crippen MR) is 66.0 cm³/mol. The predicted octanol–water partition coefficient (Wildman–Crippen LogP) is 2.96. The second-order valence-electron chi connectivity index (χ2n) is 3.66. The molecule has 1 heterocycles. The lowest BCUT2D eigenvalue weighted by atomic mass is 10.1. The van der Waals surface area contributed by atoms with Crippen LogP contribution in [0.2, 0.25) is 5.02 Å². The largest absolute Gasteiger partial charge is 0.476 e. The fourth-order valence-electron chi connectivity index (χ4n) is 1.56. The van der Waals surface area contributed by atoms with E-state index in [1.807, 2.05) is 0 Å². The van der Waals surface area contributed by atoms with Crippen molar-refractivity contribution < 1.29 is 18.7 Å². The van der Waals surface area contributed by atoms with Crippen LogP contribution in [0.4, 0.5) is 14.5 Å². The Balaban J connectivity index is 2.74. The van der Waals surface area contributed by atoms with Gasteiger partial charge in [-0.25, -0.2) is 18.6 Å². The molecule has 2 rings (SSSR count). The Bertz CT molecular complexity index is 657. The van der Waals surface area contributed by atoms with E-state index < -0.39 is 28.9 Å². The SMILES string of the molecule is Nc1cc(-c2c(F)cccc2F)nc(C(=O)O)c1Cl. The van der Waals surface area contributed by atoms with E-state index in [1.54, 1.807) is 0 Å². The van der Waals surface area contributed by atoms with Gasteiger partial charge in [0.2, 0.25) is 0 Å². The number of nitrogens with two attached hydrogens (primary N) is 1. The van der Waals surface area contributed by atoms with Gasteiger partial charge in [-0.05, 0) is 18.2 Å².